The molecule has 0 bridgehead atoms. The van der Waals surface area contributed by atoms with Crippen molar-refractivity contribution >= 4 is 45.3 Å². The number of aromatic nitrogens is 4. The lowest BCUT2D eigenvalue weighted by atomic mass is 10.1. The van der Waals surface area contributed by atoms with E-state index in [4.69, 9.17) is 4.42 Å². The van der Waals surface area contributed by atoms with Gasteiger partial charge in [0.15, 0.2) is 4.34 Å². The van der Waals surface area contributed by atoms with E-state index in [1.807, 2.05) is 20.8 Å². The standard InChI is InChI=1S/C15H17N5O4S2/c1-6-8(12(22)23)9-10(21)16-7(17-11(9)24-6)5-25-14-20-19-13(26-14)18-15(2,3)4/h5H2,1-4H3,(H,18,19)(H,22,23)(H,16,17,21). The molecule has 0 unspecified atom stereocenters. The van der Waals surface area contributed by atoms with Crippen LogP contribution in [-0.4, -0.2) is 36.8 Å². The molecule has 11 heteroatoms. The van der Waals surface area contributed by atoms with E-state index in [2.05, 4.69) is 25.5 Å². The molecule has 0 amide bonds. The van der Waals surface area contributed by atoms with Crippen molar-refractivity contribution in [2.45, 2.75) is 43.3 Å². The first-order valence-corrected chi connectivity index (χ1v) is 9.44. The lowest BCUT2D eigenvalue weighted by molar-refractivity contribution is 0.0697. The summed E-state index contributed by atoms with van der Waals surface area (Å²) in [6.45, 7) is 7.58. The maximum absolute atomic E-state index is 12.2. The van der Waals surface area contributed by atoms with Gasteiger partial charge in [-0.05, 0) is 27.7 Å². The number of nitrogens with zero attached hydrogens (tertiary/aromatic N) is 3. The molecule has 138 valence electrons. The Labute approximate surface area is 156 Å². The minimum absolute atomic E-state index is 0.0200. The number of carbonyl (C=O) groups is 1. The van der Waals surface area contributed by atoms with Crippen molar-refractivity contribution in [3.63, 3.8) is 0 Å². The van der Waals surface area contributed by atoms with Crippen LogP contribution >= 0.6 is 23.1 Å². The number of rotatable bonds is 5. The van der Waals surface area contributed by atoms with Crippen LogP contribution in [0.2, 0.25) is 0 Å². The fourth-order valence-electron chi connectivity index (χ4n) is 2.26. The summed E-state index contributed by atoms with van der Waals surface area (Å²) in [5, 5.41) is 21.3. The Kier molecular flexibility index (Phi) is 4.76. The van der Waals surface area contributed by atoms with E-state index in [1.54, 1.807) is 0 Å². The number of hydrogen-bond donors (Lipinski definition) is 3. The highest BCUT2D eigenvalue weighted by Gasteiger charge is 2.22. The first kappa shape index (κ1) is 18.4. The Balaban J connectivity index is 1.80. The van der Waals surface area contributed by atoms with Crippen molar-refractivity contribution < 1.29 is 14.3 Å². The van der Waals surface area contributed by atoms with E-state index in [-0.39, 0.29) is 28.0 Å². The van der Waals surface area contributed by atoms with Crippen LogP contribution in [0, 0.1) is 6.92 Å². The van der Waals surface area contributed by atoms with Crippen LogP contribution in [0.1, 0.15) is 42.7 Å². The first-order chi connectivity index (χ1) is 12.1. The SMILES string of the molecule is Cc1oc2nc(CSc3nnc(NC(C)(C)C)s3)[nH]c(=O)c2c1C(=O)O. The molecule has 0 saturated heterocycles. The van der Waals surface area contributed by atoms with Gasteiger partial charge in [-0.1, -0.05) is 23.1 Å². The number of furan rings is 1. The number of aromatic amines is 1. The molecule has 0 spiro atoms. The lowest BCUT2D eigenvalue weighted by Crippen LogP contribution is -2.25. The van der Waals surface area contributed by atoms with Crippen molar-refractivity contribution in [3.05, 3.63) is 27.5 Å². The van der Waals surface area contributed by atoms with E-state index in [0.717, 1.165) is 4.34 Å². The third-order valence-electron chi connectivity index (χ3n) is 3.22. The molecule has 26 heavy (non-hydrogen) atoms. The summed E-state index contributed by atoms with van der Waals surface area (Å²) < 4.78 is 6.06. The number of thioether (sulfide) groups is 1. The highest BCUT2D eigenvalue weighted by atomic mass is 32.2. The van der Waals surface area contributed by atoms with E-state index in [0.29, 0.717) is 16.7 Å². The summed E-state index contributed by atoms with van der Waals surface area (Å²) in [7, 11) is 0. The number of carboxylic acids is 1. The molecule has 0 aliphatic rings. The monoisotopic (exact) mass is 395 g/mol. The van der Waals surface area contributed by atoms with E-state index in [1.165, 1.54) is 30.0 Å². The molecule has 0 saturated carbocycles. The van der Waals surface area contributed by atoms with Crippen LogP contribution in [0.15, 0.2) is 13.6 Å². The maximum Gasteiger partial charge on any atom is 0.340 e. The number of fused-ring (bicyclic) bond motifs is 1. The molecule has 0 aliphatic carbocycles. The van der Waals surface area contributed by atoms with Crippen molar-refractivity contribution in [1.29, 1.82) is 0 Å². The third-order valence-corrected chi connectivity index (χ3v) is 5.20. The largest absolute Gasteiger partial charge is 0.478 e. The molecule has 0 radical (unpaired) electrons. The number of nitrogens with one attached hydrogen (secondary N) is 2. The van der Waals surface area contributed by atoms with Gasteiger partial charge in [0.05, 0.1) is 5.75 Å². The second kappa shape index (κ2) is 6.72. The lowest BCUT2D eigenvalue weighted by Gasteiger charge is -2.18. The average molecular weight is 395 g/mol. The highest BCUT2D eigenvalue weighted by molar-refractivity contribution is 8.00. The maximum atomic E-state index is 12.2. The fourth-order valence-corrected chi connectivity index (χ4v) is 4.09. The smallest absolute Gasteiger partial charge is 0.340 e. The second-order valence-corrected chi connectivity index (χ2v) is 8.77. The van der Waals surface area contributed by atoms with Gasteiger partial charge < -0.3 is 19.8 Å². The summed E-state index contributed by atoms with van der Waals surface area (Å²) in [5.41, 5.74) is -0.785. The molecular weight excluding hydrogens is 378 g/mol. The quantitative estimate of drug-likeness (QED) is 0.557. The van der Waals surface area contributed by atoms with Gasteiger partial charge in [0.25, 0.3) is 5.56 Å². The Hall–Kier alpha value is -2.40. The highest BCUT2D eigenvalue weighted by Crippen LogP contribution is 2.29. The van der Waals surface area contributed by atoms with Gasteiger partial charge in [-0.25, -0.2) is 4.79 Å². The van der Waals surface area contributed by atoms with Gasteiger partial charge in [-0.15, -0.1) is 10.2 Å². The minimum Gasteiger partial charge on any atom is -0.478 e. The third kappa shape index (κ3) is 3.88. The Bertz CT molecular complexity index is 1030. The molecule has 9 nitrogen and oxygen atoms in total. The first-order valence-electron chi connectivity index (χ1n) is 7.64. The molecular formula is C15H17N5O4S2. The second-order valence-electron chi connectivity index (χ2n) is 6.57. The Morgan fingerprint density at radius 1 is 1.38 bits per heavy atom. The van der Waals surface area contributed by atoms with Crippen LogP contribution in [0.3, 0.4) is 0 Å². The van der Waals surface area contributed by atoms with Gasteiger partial charge in [0, 0.05) is 5.54 Å². The minimum atomic E-state index is -1.22. The van der Waals surface area contributed by atoms with Crippen LogP contribution in [0.4, 0.5) is 5.13 Å². The molecule has 0 aliphatic heterocycles. The number of hydrogen-bond acceptors (Lipinski definition) is 9. The van der Waals surface area contributed by atoms with E-state index < -0.39 is 11.5 Å². The zero-order valence-electron chi connectivity index (χ0n) is 14.5. The number of aromatic carboxylic acids is 1. The van der Waals surface area contributed by atoms with Gasteiger partial charge in [0.2, 0.25) is 10.8 Å². The number of aryl methyl sites for hydroxylation is 1. The van der Waals surface area contributed by atoms with E-state index >= 15 is 0 Å². The molecule has 3 heterocycles. The van der Waals surface area contributed by atoms with Crippen molar-refractivity contribution in [3.8, 4) is 0 Å². The van der Waals surface area contributed by atoms with Crippen molar-refractivity contribution in [2.24, 2.45) is 0 Å². The summed E-state index contributed by atoms with van der Waals surface area (Å²) in [6, 6.07) is 0. The summed E-state index contributed by atoms with van der Waals surface area (Å²) in [4.78, 5) is 30.3. The molecule has 0 aromatic carbocycles. The zero-order chi connectivity index (χ0) is 19.1. The molecule has 3 aromatic rings. The Morgan fingerprint density at radius 3 is 2.77 bits per heavy atom. The summed E-state index contributed by atoms with van der Waals surface area (Å²) in [6.07, 6.45) is 0. The molecule has 0 fully saturated rings. The van der Waals surface area contributed by atoms with Crippen LogP contribution in [0.25, 0.3) is 11.1 Å². The Morgan fingerprint density at radius 2 is 2.12 bits per heavy atom. The van der Waals surface area contributed by atoms with E-state index in [9.17, 15) is 14.7 Å². The van der Waals surface area contributed by atoms with Crippen LogP contribution < -0.4 is 10.9 Å². The number of anilines is 1. The zero-order valence-corrected chi connectivity index (χ0v) is 16.2. The molecule has 3 rings (SSSR count). The van der Waals surface area contributed by atoms with Crippen molar-refractivity contribution in [2.75, 3.05) is 5.32 Å². The van der Waals surface area contributed by atoms with Gasteiger partial charge in [-0.2, -0.15) is 4.98 Å². The number of H-pyrrole nitrogens is 1. The summed E-state index contributed by atoms with van der Waals surface area (Å²) >= 11 is 2.78. The number of carboxylic acid groups (broad SMARTS) is 1. The topological polar surface area (TPSA) is 134 Å². The van der Waals surface area contributed by atoms with Crippen molar-refractivity contribution in [1.82, 2.24) is 20.2 Å². The van der Waals surface area contributed by atoms with Gasteiger partial charge in [-0.3, -0.25) is 4.79 Å². The van der Waals surface area contributed by atoms with Crippen LogP contribution in [-0.2, 0) is 5.75 Å². The van der Waals surface area contributed by atoms with Gasteiger partial charge in [0.1, 0.15) is 22.5 Å². The molecule has 3 N–H and O–H groups in total. The normalized spacial score (nSPS) is 11.8. The van der Waals surface area contributed by atoms with Crippen LogP contribution in [0.5, 0.6) is 0 Å². The average Bonchev–Trinajstić information content (AvgIpc) is 3.07. The predicted molar refractivity (Wildman–Crippen MR) is 99.2 cm³/mol. The molecule has 3 aromatic heterocycles. The molecule has 0 atom stereocenters. The fraction of sp³-hybridized carbons (Fsp3) is 0.400. The van der Waals surface area contributed by atoms with Gasteiger partial charge >= 0.3 is 5.97 Å². The predicted octanol–water partition coefficient (Wildman–Crippen LogP) is 2.88. The summed E-state index contributed by atoms with van der Waals surface area (Å²) in [5.74, 6) is -0.350.